The van der Waals surface area contributed by atoms with Gasteiger partial charge in [0.1, 0.15) is 5.69 Å². The lowest BCUT2D eigenvalue weighted by molar-refractivity contribution is 0.559. The molecule has 0 fully saturated rings. The molecule has 0 atom stereocenters. The lowest BCUT2D eigenvalue weighted by atomic mass is 10.4. The Hall–Kier alpha value is -1.74. The molecular weight excluding hydrogens is 256 g/mol. The molecule has 2 aromatic heterocycles. The number of rotatable bonds is 4. The van der Waals surface area contributed by atoms with Gasteiger partial charge in [-0.15, -0.1) is 10.2 Å². The summed E-state index contributed by atoms with van der Waals surface area (Å²) in [4.78, 5) is 0. The summed E-state index contributed by atoms with van der Waals surface area (Å²) in [6, 6.07) is 1.74. The van der Waals surface area contributed by atoms with E-state index in [1.54, 1.807) is 24.0 Å². The predicted octanol–water partition coefficient (Wildman–Crippen LogP) is -0.264. The normalized spacial score (nSPS) is 11.9. The van der Waals surface area contributed by atoms with Crippen molar-refractivity contribution in [2.75, 3.05) is 0 Å². The summed E-state index contributed by atoms with van der Waals surface area (Å²) < 4.78 is 25.9. The van der Waals surface area contributed by atoms with Crippen LogP contribution in [0, 0.1) is 0 Å². The van der Waals surface area contributed by atoms with Crippen molar-refractivity contribution in [1.82, 2.24) is 24.5 Å². The Balaban J connectivity index is 2.59. The molecular formula is C9H14N6O2S. The Bertz CT molecular complexity index is 656. The van der Waals surface area contributed by atoms with Crippen molar-refractivity contribution in [3.8, 4) is 11.5 Å². The summed E-state index contributed by atoms with van der Waals surface area (Å²) >= 11 is 0. The molecule has 0 radical (unpaired) electrons. The molecule has 0 amide bonds. The molecule has 2 aromatic rings. The van der Waals surface area contributed by atoms with E-state index in [1.807, 2.05) is 6.92 Å². The van der Waals surface area contributed by atoms with Crippen LogP contribution in [0.15, 0.2) is 17.4 Å². The molecule has 2 N–H and O–H groups in total. The summed E-state index contributed by atoms with van der Waals surface area (Å²) in [5.74, 6) is 0.404. The van der Waals surface area contributed by atoms with E-state index < -0.39 is 10.0 Å². The van der Waals surface area contributed by atoms with E-state index in [1.165, 1.54) is 4.57 Å². The van der Waals surface area contributed by atoms with Crippen molar-refractivity contribution >= 4 is 10.0 Å². The predicted molar refractivity (Wildman–Crippen MR) is 63.9 cm³/mol. The first-order valence-corrected chi connectivity index (χ1v) is 6.94. The molecule has 0 aliphatic heterocycles. The lowest BCUT2D eigenvalue weighted by Gasteiger charge is -2.05. The molecule has 2 rings (SSSR count). The zero-order valence-corrected chi connectivity index (χ0v) is 10.9. The van der Waals surface area contributed by atoms with Gasteiger partial charge in [-0.1, -0.05) is 6.92 Å². The van der Waals surface area contributed by atoms with Gasteiger partial charge in [-0.3, -0.25) is 9.25 Å². The van der Waals surface area contributed by atoms with Crippen LogP contribution < -0.4 is 5.14 Å². The van der Waals surface area contributed by atoms with Gasteiger partial charge in [0.25, 0.3) is 15.2 Å². The zero-order valence-electron chi connectivity index (χ0n) is 10.1. The standard InChI is InChI=1S/C9H14N6O2S/c1-3-5-15-8(7-4-6-14(2)13-7)11-12-9(15)18(10,16)17/h4,6H,3,5H2,1-2H3,(H2,10,16,17). The summed E-state index contributed by atoms with van der Waals surface area (Å²) in [6.45, 7) is 2.39. The third kappa shape index (κ3) is 2.27. The Morgan fingerprint density at radius 2 is 2.11 bits per heavy atom. The Labute approximate surface area is 104 Å². The second-order valence-corrected chi connectivity index (χ2v) is 5.33. The van der Waals surface area contributed by atoms with Crippen LogP contribution >= 0.6 is 0 Å². The second kappa shape index (κ2) is 4.50. The van der Waals surface area contributed by atoms with Crippen LogP contribution in [0.1, 0.15) is 13.3 Å². The first-order valence-electron chi connectivity index (χ1n) is 5.39. The highest BCUT2D eigenvalue weighted by atomic mass is 32.2. The fourth-order valence-electron chi connectivity index (χ4n) is 1.65. The number of aryl methyl sites for hydroxylation is 1. The third-order valence-electron chi connectivity index (χ3n) is 2.36. The number of sulfonamides is 1. The largest absolute Gasteiger partial charge is 0.295 e. The summed E-state index contributed by atoms with van der Waals surface area (Å²) in [5, 5.41) is 16.6. The molecule has 0 saturated heterocycles. The highest BCUT2D eigenvalue weighted by Crippen LogP contribution is 2.18. The number of aromatic nitrogens is 5. The Kier molecular flexibility index (Phi) is 3.18. The Morgan fingerprint density at radius 1 is 1.39 bits per heavy atom. The fourth-order valence-corrected chi connectivity index (χ4v) is 2.29. The maximum Gasteiger partial charge on any atom is 0.273 e. The summed E-state index contributed by atoms with van der Waals surface area (Å²) in [7, 11) is -2.11. The van der Waals surface area contributed by atoms with E-state index in [9.17, 15) is 8.42 Å². The number of hydrogen-bond donors (Lipinski definition) is 1. The van der Waals surface area contributed by atoms with Gasteiger partial charge in [0, 0.05) is 19.8 Å². The van der Waals surface area contributed by atoms with E-state index in [0.717, 1.165) is 6.42 Å². The quantitative estimate of drug-likeness (QED) is 0.823. The van der Waals surface area contributed by atoms with Gasteiger partial charge in [-0.25, -0.2) is 13.6 Å². The highest BCUT2D eigenvalue weighted by Gasteiger charge is 2.22. The topological polar surface area (TPSA) is 109 Å². The third-order valence-corrected chi connectivity index (χ3v) is 3.17. The molecule has 0 unspecified atom stereocenters. The Morgan fingerprint density at radius 3 is 2.61 bits per heavy atom. The maximum absolute atomic E-state index is 11.4. The van der Waals surface area contributed by atoms with E-state index in [4.69, 9.17) is 5.14 Å². The van der Waals surface area contributed by atoms with Crippen LogP contribution in [0.2, 0.25) is 0 Å². The number of hydrogen-bond acceptors (Lipinski definition) is 5. The fraction of sp³-hybridized carbons (Fsp3) is 0.444. The van der Waals surface area contributed by atoms with Crippen LogP contribution in [0.3, 0.4) is 0 Å². The van der Waals surface area contributed by atoms with Gasteiger partial charge in [-0.2, -0.15) is 5.10 Å². The van der Waals surface area contributed by atoms with Gasteiger partial charge in [0.2, 0.25) is 0 Å². The van der Waals surface area contributed by atoms with Crippen LogP contribution in [-0.4, -0.2) is 33.0 Å². The lowest BCUT2D eigenvalue weighted by Crippen LogP contribution is -2.19. The zero-order chi connectivity index (χ0) is 13.3. The minimum Gasteiger partial charge on any atom is -0.295 e. The molecule has 8 nitrogen and oxygen atoms in total. The molecule has 0 aliphatic rings. The van der Waals surface area contributed by atoms with E-state index in [-0.39, 0.29) is 5.16 Å². The summed E-state index contributed by atoms with van der Waals surface area (Å²) in [5.41, 5.74) is 0.563. The molecule has 98 valence electrons. The van der Waals surface area contributed by atoms with Crippen LogP contribution in [0.5, 0.6) is 0 Å². The van der Waals surface area contributed by atoms with Crippen molar-refractivity contribution in [3.63, 3.8) is 0 Å². The first-order chi connectivity index (χ1) is 8.43. The second-order valence-electron chi connectivity index (χ2n) is 3.88. The van der Waals surface area contributed by atoms with Gasteiger partial charge < -0.3 is 0 Å². The molecule has 0 saturated carbocycles. The molecule has 0 bridgehead atoms. The minimum absolute atomic E-state index is 0.231. The van der Waals surface area contributed by atoms with Gasteiger partial charge in [0.05, 0.1) is 0 Å². The molecule has 0 spiro atoms. The highest BCUT2D eigenvalue weighted by molar-refractivity contribution is 7.89. The van der Waals surface area contributed by atoms with Crippen molar-refractivity contribution in [2.24, 2.45) is 12.2 Å². The van der Waals surface area contributed by atoms with Crippen molar-refractivity contribution in [3.05, 3.63) is 12.3 Å². The van der Waals surface area contributed by atoms with Crippen molar-refractivity contribution in [1.29, 1.82) is 0 Å². The van der Waals surface area contributed by atoms with Crippen LogP contribution in [-0.2, 0) is 23.6 Å². The van der Waals surface area contributed by atoms with Crippen molar-refractivity contribution < 1.29 is 8.42 Å². The molecule has 0 aromatic carbocycles. The molecule has 9 heteroatoms. The smallest absolute Gasteiger partial charge is 0.273 e. The number of nitrogens with zero attached hydrogens (tertiary/aromatic N) is 5. The molecule has 0 aliphatic carbocycles. The van der Waals surface area contributed by atoms with E-state index in [0.29, 0.717) is 18.1 Å². The van der Waals surface area contributed by atoms with E-state index >= 15 is 0 Å². The molecule has 2 heterocycles. The maximum atomic E-state index is 11.4. The number of nitrogens with two attached hydrogens (primary N) is 1. The van der Waals surface area contributed by atoms with Gasteiger partial charge >= 0.3 is 0 Å². The van der Waals surface area contributed by atoms with Crippen LogP contribution in [0.25, 0.3) is 11.5 Å². The first kappa shape index (κ1) is 12.7. The van der Waals surface area contributed by atoms with Gasteiger partial charge in [-0.05, 0) is 12.5 Å². The summed E-state index contributed by atoms with van der Waals surface area (Å²) in [6.07, 6.45) is 2.48. The van der Waals surface area contributed by atoms with Gasteiger partial charge in [0.15, 0.2) is 5.82 Å². The average molecular weight is 270 g/mol. The minimum atomic E-state index is -3.88. The van der Waals surface area contributed by atoms with Crippen molar-refractivity contribution in [2.45, 2.75) is 25.0 Å². The number of primary sulfonamides is 1. The molecule has 18 heavy (non-hydrogen) atoms. The van der Waals surface area contributed by atoms with E-state index in [2.05, 4.69) is 15.3 Å². The average Bonchev–Trinajstić information content (AvgIpc) is 2.83. The monoisotopic (exact) mass is 270 g/mol. The van der Waals surface area contributed by atoms with Crippen LogP contribution in [0.4, 0.5) is 0 Å². The SMILES string of the molecule is CCCn1c(-c2ccn(C)n2)nnc1S(N)(=O)=O.